The lowest BCUT2D eigenvalue weighted by atomic mass is 10.1. The number of aromatic nitrogens is 2. The number of pyridine rings is 1. The molecule has 7 nitrogen and oxygen atoms in total. The van der Waals surface area contributed by atoms with E-state index in [4.69, 9.17) is 0 Å². The minimum Gasteiger partial charge on any atom is -0.324 e. The average molecular weight is 489 g/mol. The monoisotopic (exact) mass is 489 g/mol. The highest BCUT2D eigenvalue weighted by atomic mass is 32.2. The number of halogens is 5. The van der Waals surface area contributed by atoms with Crippen LogP contribution in [-0.4, -0.2) is 26.6 Å². The molecule has 2 heterocycles. The van der Waals surface area contributed by atoms with Crippen LogP contribution in [0.1, 0.15) is 18.9 Å². The standard InChI is InChI=1S/C15H10F5N3O4S2.H2S/c1-22(15(18,19)20)29-27-26-12-9(17)7(16)4-6-10(12)23(5-2-3-5)14-8(11(6)24)13(25)21-28-14;/h4-5H,2-3H2,1H3,(H,21,25);1H2. The lowest BCUT2D eigenvalue weighted by Crippen LogP contribution is -2.28. The first kappa shape index (κ1) is 22.9. The topological polar surface area (TPSA) is 76.6 Å². The molecule has 30 heavy (non-hydrogen) atoms. The van der Waals surface area contributed by atoms with E-state index in [1.165, 1.54) is 4.57 Å². The van der Waals surface area contributed by atoms with E-state index in [1.54, 1.807) is 0 Å². The Bertz CT molecular complexity index is 1230. The van der Waals surface area contributed by atoms with Crippen molar-refractivity contribution in [1.29, 1.82) is 0 Å². The number of benzene rings is 1. The Kier molecular flexibility index (Phi) is 6.12. The summed E-state index contributed by atoms with van der Waals surface area (Å²) in [6.45, 7) is 0. The van der Waals surface area contributed by atoms with Gasteiger partial charge in [0.05, 0.1) is 5.39 Å². The zero-order valence-electron chi connectivity index (χ0n) is 14.8. The van der Waals surface area contributed by atoms with Crippen molar-refractivity contribution in [2.75, 3.05) is 7.05 Å². The number of nitrogens with zero attached hydrogens (tertiary/aromatic N) is 2. The molecule has 1 N–H and O–H groups in total. The molecule has 0 unspecified atom stereocenters. The molecule has 15 heteroatoms. The summed E-state index contributed by atoms with van der Waals surface area (Å²) in [5.74, 6) is -3.89. The zero-order valence-corrected chi connectivity index (χ0v) is 17.4. The van der Waals surface area contributed by atoms with Crippen molar-refractivity contribution < 1.29 is 31.2 Å². The third-order valence-corrected chi connectivity index (χ3v) is 5.73. The first-order chi connectivity index (χ1) is 13.6. The number of hydrogen-bond acceptors (Lipinski definition) is 7. The van der Waals surface area contributed by atoms with Gasteiger partial charge in [-0.3, -0.25) is 14.0 Å². The number of aromatic amines is 1. The Morgan fingerprint density at radius 3 is 2.57 bits per heavy atom. The fourth-order valence-corrected chi connectivity index (χ4v) is 3.99. The lowest BCUT2D eigenvalue weighted by molar-refractivity contribution is -0.206. The number of alkyl halides is 3. The summed E-state index contributed by atoms with van der Waals surface area (Å²) in [6, 6.07) is 0.411. The number of nitrogens with one attached hydrogen (secondary N) is 1. The van der Waals surface area contributed by atoms with Crippen LogP contribution in [-0.2, 0) is 4.33 Å². The highest BCUT2D eigenvalue weighted by molar-refractivity contribution is 7.92. The zero-order chi connectivity index (χ0) is 21.1. The second-order valence-electron chi connectivity index (χ2n) is 6.23. The van der Waals surface area contributed by atoms with Crippen molar-refractivity contribution >= 4 is 58.4 Å². The predicted molar refractivity (Wildman–Crippen MR) is 106 cm³/mol. The van der Waals surface area contributed by atoms with E-state index in [0.717, 1.165) is 11.5 Å². The Balaban J connectivity index is 0.00000256. The van der Waals surface area contributed by atoms with Crippen LogP contribution in [0.3, 0.4) is 0 Å². The van der Waals surface area contributed by atoms with Gasteiger partial charge in [-0.2, -0.15) is 31.1 Å². The van der Waals surface area contributed by atoms with Gasteiger partial charge in [-0.05, 0) is 30.4 Å². The number of fused-ring (bicyclic) bond motifs is 2. The molecule has 0 bridgehead atoms. The van der Waals surface area contributed by atoms with Crippen molar-refractivity contribution in [3.63, 3.8) is 0 Å². The second-order valence-corrected chi connectivity index (χ2v) is 7.86. The van der Waals surface area contributed by atoms with E-state index in [0.29, 0.717) is 26.0 Å². The molecule has 0 radical (unpaired) electrons. The van der Waals surface area contributed by atoms with Gasteiger partial charge in [-0.25, -0.2) is 4.39 Å². The van der Waals surface area contributed by atoms with Crippen molar-refractivity contribution in [3.05, 3.63) is 38.3 Å². The van der Waals surface area contributed by atoms with E-state index in [9.17, 15) is 31.5 Å². The average Bonchev–Trinajstić information content (AvgIpc) is 3.40. The Morgan fingerprint density at radius 2 is 1.97 bits per heavy atom. The molecule has 1 fully saturated rings. The third-order valence-electron chi connectivity index (χ3n) is 4.29. The molecule has 0 atom stereocenters. The number of hydrogen-bond donors (Lipinski definition) is 1. The van der Waals surface area contributed by atoms with E-state index in [-0.39, 0.29) is 57.2 Å². The smallest absolute Gasteiger partial charge is 0.324 e. The Morgan fingerprint density at radius 1 is 1.30 bits per heavy atom. The van der Waals surface area contributed by atoms with Crippen LogP contribution in [0.25, 0.3) is 21.1 Å². The van der Waals surface area contributed by atoms with Gasteiger partial charge < -0.3 is 9.45 Å². The lowest BCUT2D eigenvalue weighted by Gasteiger charge is -2.18. The van der Waals surface area contributed by atoms with Gasteiger partial charge in [0.1, 0.15) is 28.0 Å². The largest absolute Gasteiger partial charge is 0.471 e. The molecule has 164 valence electrons. The maximum absolute atomic E-state index is 14.5. The minimum atomic E-state index is -4.77. The summed E-state index contributed by atoms with van der Waals surface area (Å²) in [5.41, 5.74) is -1.72. The molecule has 1 aliphatic rings. The summed E-state index contributed by atoms with van der Waals surface area (Å²) in [7, 11) is 0.634. The fraction of sp³-hybridized carbons (Fsp3) is 0.333. The molecule has 0 saturated heterocycles. The van der Waals surface area contributed by atoms with Crippen LogP contribution in [0, 0.1) is 11.6 Å². The molecule has 1 saturated carbocycles. The molecule has 0 aliphatic heterocycles. The molecule has 2 aromatic heterocycles. The maximum Gasteiger partial charge on any atom is 0.471 e. The van der Waals surface area contributed by atoms with Gasteiger partial charge in [0.2, 0.25) is 17.0 Å². The third kappa shape index (κ3) is 3.79. The van der Waals surface area contributed by atoms with E-state index < -0.39 is 34.7 Å². The summed E-state index contributed by atoms with van der Waals surface area (Å²) < 4.78 is 74.2. The highest BCUT2D eigenvalue weighted by Crippen LogP contribution is 2.43. The van der Waals surface area contributed by atoms with Gasteiger partial charge in [0.25, 0.3) is 5.56 Å². The molecule has 0 amide bonds. The molecule has 1 aromatic carbocycles. The van der Waals surface area contributed by atoms with E-state index in [2.05, 4.69) is 13.6 Å². The second kappa shape index (κ2) is 8.03. The highest BCUT2D eigenvalue weighted by Gasteiger charge is 2.36. The summed E-state index contributed by atoms with van der Waals surface area (Å²) in [4.78, 5) is 29.6. The molecular weight excluding hydrogens is 477 g/mol. The van der Waals surface area contributed by atoms with Crippen LogP contribution in [0.2, 0.25) is 0 Å². The number of rotatable bonds is 5. The number of H-pyrrole nitrogens is 1. The van der Waals surface area contributed by atoms with Gasteiger partial charge in [-0.1, -0.05) is 4.33 Å². The molecule has 1 aliphatic carbocycles. The summed E-state index contributed by atoms with van der Waals surface area (Å²) in [5, 5.41) is -0.557. The summed E-state index contributed by atoms with van der Waals surface area (Å²) in [6.07, 6.45) is -3.48. The Labute approximate surface area is 179 Å². The molecule has 4 rings (SSSR count). The van der Waals surface area contributed by atoms with Crippen LogP contribution in [0.5, 0.6) is 5.75 Å². The van der Waals surface area contributed by atoms with Gasteiger partial charge in [-0.15, -0.1) is 4.31 Å². The van der Waals surface area contributed by atoms with Crippen molar-refractivity contribution in [1.82, 2.24) is 13.2 Å². The van der Waals surface area contributed by atoms with Crippen molar-refractivity contribution in [2.45, 2.75) is 25.2 Å². The van der Waals surface area contributed by atoms with Crippen LogP contribution >= 0.6 is 37.3 Å². The SMILES string of the molecule is CN(SOOc1c(F)c(F)cc2c(=O)c3c(=O)[nH]sc3n(C3CC3)c12)C(F)(F)F.S. The van der Waals surface area contributed by atoms with Gasteiger partial charge >= 0.3 is 6.30 Å². The quantitative estimate of drug-likeness (QED) is 0.146. The van der Waals surface area contributed by atoms with E-state index >= 15 is 0 Å². The van der Waals surface area contributed by atoms with Gasteiger partial charge in [0, 0.05) is 13.1 Å². The van der Waals surface area contributed by atoms with Crippen LogP contribution < -0.4 is 15.9 Å². The maximum atomic E-state index is 14.5. The predicted octanol–water partition coefficient (Wildman–Crippen LogP) is 3.96. The summed E-state index contributed by atoms with van der Waals surface area (Å²) >= 11 is 0.539. The molecule has 0 spiro atoms. The van der Waals surface area contributed by atoms with Crippen LogP contribution in [0.4, 0.5) is 22.0 Å². The van der Waals surface area contributed by atoms with E-state index in [1.807, 2.05) is 0 Å². The molecular formula is C15H12F5N3O4S3. The first-order valence-corrected chi connectivity index (χ1v) is 9.52. The van der Waals surface area contributed by atoms with Gasteiger partial charge in [0.15, 0.2) is 5.82 Å². The van der Waals surface area contributed by atoms with Crippen molar-refractivity contribution in [3.8, 4) is 5.75 Å². The fourth-order valence-electron chi connectivity index (χ4n) is 2.80. The Hall–Kier alpha value is -1.81. The molecule has 3 aromatic rings. The first-order valence-electron chi connectivity index (χ1n) is 8.00. The normalized spacial score (nSPS) is 14.5. The minimum absolute atomic E-state index is 0. The van der Waals surface area contributed by atoms with Crippen molar-refractivity contribution in [2.24, 2.45) is 0 Å². The van der Waals surface area contributed by atoms with Crippen LogP contribution in [0.15, 0.2) is 15.7 Å².